The zero-order valence-electron chi connectivity index (χ0n) is 8.98. The molecule has 15 heavy (non-hydrogen) atoms. The fourth-order valence-corrected chi connectivity index (χ4v) is 2.00. The Balaban J connectivity index is 0.000000404. The van der Waals surface area contributed by atoms with E-state index >= 15 is 0 Å². The van der Waals surface area contributed by atoms with Crippen LogP contribution < -0.4 is 0 Å². The van der Waals surface area contributed by atoms with Crippen molar-refractivity contribution in [3.05, 3.63) is 48.0 Å². The Bertz CT molecular complexity index is 439. The van der Waals surface area contributed by atoms with Gasteiger partial charge in [-0.2, -0.15) is 0 Å². The topological polar surface area (TPSA) is 20.2 Å². The van der Waals surface area contributed by atoms with Crippen LogP contribution in [0, 0.1) is 0 Å². The van der Waals surface area contributed by atoms with Gasteiger partial charge in [-0.15, -0.1) is 0 Å². The summed E-state index contributed by atoms with van der Waals surface area (Å²) in [5.74, 6) is 0.853. The molecule has 0 unspecified atom stereocenters. The molecule has 0 aromatic heterocycles. The third kappa shape index (κ3) is 2.02. The van der Waals surface area contributed by atoms with Gasteiger partial charge in [0, 0.05) is 7.11 Å². The van der Waals surface area contributed by atoms with Gasteiger partial charge in [0.1, 0.15) is 0 Å². The van der Waals surface area contributed by atoms with Crippen LogP contribution in [0.25, 0.3) is 10.8 Å². The van der Waals surface area contributed by atoms with Crippen LogP contribution in [0.5, 0.6) is 0 Å². The minimum atomic E-state index is 0.853. The molecule has 0 amide bonds. The van der Waals surface area contributed by atoms with E-state index in [-0.39, 0.29) is 0 Å². The van der Waals surface area contributed by atoms with Gasteiger partial charge < -0.3 is 5.11 Å². The molecular weight excluding hydrogens is 184 g/mol. The Hall–Kier alpha value is -1.34. The second-order valence-electron chi connectivity index (χ2n) is 3.84. The molecule has 0 bridgehead atoms. The van der Waals surface area contributed by atoms with Crippen molar-refractivity contribution in [2.75, 3.05) is 7.11 Å². The molecule has 0 saturated heterocycles. The summed E-state index contributed by atoms with van der Waals surface area (Å²) in [5.41, 5.74) is 1.55. The van der Waals surface area contributed by atoms with Crippen LogP contribution in [0.2, 0.25) is 0 Å². The van der Waals surface area contributed by atoms with Gasteiger partial charge in [-0.3, -0.25) is 0 Å². The molecule has 1 fully saturated rings. The molecule has 0 heterocycles. The van der Waals surface area contributed by atoms with Crippen molar-refractivity contribution in [2.24, 2.45) is 0 Å². The minimum Gasteiger partial charge on any atom is -0.400 e. The van der Waals surface area contributed by atoms with Gasteiger partial charge in [0.25, 0.3) is 0 Å². The van der Waals surface area contributed by atoms with Crippen LogP contribution in [0.4, 0.5) is 0 Å². The molecule has 1 saturated carbocycles. The Morgan fingerprint density at radius 3 is 2.33 bits per heavy atom. The summed E-state index contributed by atoms with van der Waals surface area (Å²) in [4.78, 5) is 0. The van der Waals surface area contributed by atoms with Crippen LogP contribution in [-0.2, 0) is 0 Å². The minimum absolute atomic E-state index is 0.853. The average Bonchev–Trinajstić information content (AvgIpc) is 3.15. The van der Waals surface area contributed by atoms with E-state index in [1.54, 1.807) is 5.56 Å². The standard InChI is InChI=1S/C13H12.CH4O/c1-2-6-12-10(4-1)5-3-7-13(12)11-8-9-11;1-2/h1-7,11H,8-9H2;2H,1H3. The first-order chi connectivity index (χ1) is 7.45. The fraction of sp³-hybridized carbons (Fsp3) is 0.286. The Labute approximate surface area is 90.4 Å². The molecule has 1 nitrogen and oxygen atoms in total. The molecule has 1 aliphatic rings. The largest absolute Gasteiger partial charge is 0.400 e. The summed E-state index contributed by atoms with van der Waals surface area (Å²) in [7, 11) is 1.00. The van der Waals surface area contributed by atoms with Crippen molar-refractivity contribution < 1.29 is 5.11 Å². The summed E-state index contributed by atoms with van der Waals surface area (Å²) >= 11 is 0. The van der Waals surface area contributed by atoms with Gasteiger partial charge >= 0.3 is 0 Å². The van der Waals surface area contributed by atoms with Gasteiger partial charge in [-0.05, 0) is 35.1 Å². The summed E-state index contributed by atoms with van der Waals surface area (Å²) in [6, 6.07) is 15.3. The highest BCUT2D eigenvalue weighted by Crippen LogP contribution is 2.42. The Kier molecular flexibility index (Phi) is 3.02. The first-order valence-electron chi connectivity index (χ1n) is 5.37. The summed E-state index contributed by atoms with van der Waals surface area (Å²) in [6.07, 6.45) is 2.77. The predicted octanol–water partition coefficient (Wildman–Crippen LogP) is 3.33. The number of hydrogen-bond donors (Lipinski definition) is 1. The summed E-state index contributed by atoms with van der Waals surface area (Å²) < 4.78 is 0. The van der Waals surface area contributed by atoms with Crippen molar-refractivity contribution in [2.45, 2.75) is 18.8 Å². The van der Waals surface area contributed by atoms with E-state index < -0.39 is 0 Å². The van der Waals surface area contributed by atoms with E-state index in [1.165, 1.54) is 23.6 Å². The van der Waals surface area contributed by atoms with Crippen molar-refractivity contribution in [1.82, 2.24) is 0 Å². The van der Waals surface area contributed by atoms with E-state index in [1.807, 2.05) is 0 Å². The molecule has 0 aliphatic heterocycles. The molecule has 1 N–H and O–H groups in total. The maximum Gasteiger partial charge on any atom is 0.0319 e. The Morgan fingerprint density at radius 2 is 1.60 bits per heavy atom. The third-order valence-corrected chi connectivity index (χ3v) is 2.84. The first kappa shape index (κ1) is 10.2. The number of benzene rings is 2. The molecule has 3 rings (SSSR count). The molecule has 0 spiro atoms. The normalized spacial score (nSPS) is 14.5. The SMILES string of the molecule is CO.c1ccc2c(C3CC3)cccc2c1. The van der Waals surface area contributed by atoms with Crippen LogP contribution in [-0.4, -0.2) is 12.2 Å². The molecule has 0 atom stereocenters. The second kappa shape index (κ2) is 4.45. The second-order valence-corrected chi connectivity index (χ2v) is 3.84. The van der Waals surface area contributed by atoms with Crippen molar-refractivity contribution in [1.29, 1.82) is 0 Å². The van der Waals surface area contributed by atoms with Gasteiger partial charge in [0.15, 0.2) is 0 Å². The van der Waals surface area contributed by atoms with Crippen LogP contribution >= 0.6 is 0 Å². The van der Waals surface area contributed by atoms with E-state index in [0.29, 0.717) is 0 Å². The molecule has 1 heteroatoms. The number of rotatable bonds is 1. The van der Waals surface area contributed by atoms with Crippen molar-refractivity contribution in [3.8, 4) is 0 Å². The van der Waals surface area contributed by atoms with Crippen LogP contribution in [0.15, 0.2) is 42.5 Å². The third-order valence-electron chi connectivity index (χ3n) is 2.84. The highest BCUT2D eigenvalue weighted by atomic mass is 16.2. The Morgan fingerprint density at radius 1 is 0.933 bits per heavy atom. The molecule has 2 aromatic rings. The average molecular weight is 200 g/mol. The number of aliphatic hydroxyl groups excluding tert-OH is 1. The molecule has 78 valence electrons. The highest BCUT2D eigenvalue weighted by molar-refractivity contribution is 5.86. The number of aliphatic hydroxyl groups is 1. The number of hydrogen-bond acceptors (Lipinski definition) is 1. The number of fused-ring (bicyclic) bond motifs is 1. The first-order valence-corrected chi connectivity index (χ1v) is 5.37. The van der Waals surface area contributed by atoms with Crippen LogP contribution in [0.1, 0.15) is 24.3 Å². The molecule has 1 aliphatic carbocycles. The van der Waals surface area contributed by atoms with Gasteiger partial charge in [0.05, 0.1) is 0 Å². The van der Waals surface area contributed by atoms with Gasteiger partial charge in [-0.1, -0.05) is 42.5 Å². The molecular formula is C14H16O. The van der Waals surface area contributed by atoms with Crippen molar-refractivity contribution >= 4 is 10.8 Å². The highest BCUT2D eigenvalue weighted by Gasteiger charge is 2.24. The predicted molar refractivity (Wildman–Crippen MR) is 64.1 cm³/mol. The van der Waals surface area contributed by atoms with Crippen LogP contribution in [0.3, 0.4) is 0 Å². The van der Waals surface area contributed by atoms with E-state index in [0.717, 1.165) is 13.0 Å². The lowest BCUT2D eigenvalue weighted by molar-refractivity contribution is 0.399. The maximum absolute atomic E-state index is 7.00. The maximum atomic E-state index is 7.00. The monoisotopic (exact) mass is 200 g/mol. The van der Waals surface area contributed by atoms with E-state index in [2.05, 4.69) is 42.5 Å². The smallest absolute Gasteiger partial charge is 0.0319 e. The zero-order valence-corrected chi connectivity index (χ0v) is 8.98. The summed E-state index contributed by atoms with van der Waals surface area (Å²) in [6.45, 7) is 0. The summed E-state index contributed by atoms with van der Waals surface area (Å²) in [5, 5.41) is 9.83. The van der Waals surface area contributed by atoms with E-state index in [9.17, 15) is 0 Å². The van der Waals surface area contributed by atoms with Gasteiger partial charge in [-0.25, -0.2) is 0 Å². The van der Waals surface area contributed by atoms with E-state index in [4.69, 9.17) is 5.11 Å². The fourth-order valence-electron chi connectivity index (χ4n) is 2.00. The zero-order chi connectivity index (χ0) is 10.7. The molecule has 2 aromatic carbocycles. The quantitative estimate of drug-likeness (QED) is 0.748. The molecule has 0 radical (unpaired) electrons. The lowest BCUT2D eigenvalue weighted by atomic mass is 10.0. The van der Waals surface area contributed by atoms with Crippen molar-refractivity contribution in [3.63, 3.8) is 0 Å². The lowest BCUT2D eigenvalue weighted by Gasteiger charge is -2.03. The van der Waals surface area contributed by atoms with Gasteiger partial charge in [0.2, 0.25) is 0 Å². The lowest BCUT2D eigenvalue weighted by Crippen LogP contribution is -1.81.